The van der Waals surface area contributed by atoms with Crippen molar-refractivity contribution in [1.29, 1.82) is 0 Å². The highest BCUT2D eigenvalue weighted by molar-refractivity contribution is 5.78. The first-order valence-corrected chi connectivity index (χ1v) is 6.93. The predicted octanol–water partition coefficient (Wildman–Crippen LogP) is 3.61. The number of fused-ring (bicyclic) bond motifs is 1. The van der Waals surface area contributed by atoms with Gasteiger partial charge in [0.05, 0.1) is 5.52 Å². The third kappa shape index (κ3) is 2.39. The van der Waals surface area contributed by atoms with Crippen LogP contribution in [0.4, 0.5) is 0 Å². The van der Waals surface area contributed by atoms with Crippen molar-refractivity contribution in [3.63, 3.8) is 0 Å². The first-order valence-electron chi connectivity index (χ1n) is 6.93. The molecule has 0 bridgehead atoms. The van der Waals surface area contributed by atoms with Crippen molar-refractivity contribution >= 4 is 10.9 Å². The highest BCUT2D eigenvalue weighted by Gasteiger charge is 2.19. The summed E-state index contributed by atoms with van der Waals surface area (Å²) in [6.45, 7) is 0. The molecule has 1 fully saturated rings. The van der Waals surface area contributed by atoms with Gasteiger partial charge in [0.1, 0.15) is 0 Å². The molecule has 0 saturated heterocycles. The fourth-order valence-corrected chi connectivity index (χ4v) is 3.01. The lowest BCUT2D eigenvalue weighted by atomic mass is 9.91. The molecule has 0 amide bonds. The summed E-state index contributed by atoms with van der Waals surface area (Å²) in [5.41, 5.74) is 8.60. The van der Waals surface area contributed by atoms with Crippen LogP contribution in [0.15, 0.2) is 36.5 Å². The lowest BCUT2D eigenvalue weighted by Gasteiger charge is -2.17. The summed E-state index contributed by atoms with van der Waals surface area (Å²) in [6.07, 6.45) is 8.17. The molecule has 1 aliphatic rings. The number of nitrogens with two attached hydrogens (primary N) is 1. The Morgan fingerprint density at radius 2 is 1.94 bits per heavy atom. The van der Waals surface area contributed by atoms with E-state index in [2.05, 4.69) is 29.2 Å². The molecule has 2 N–H and O–H groups in total. The van der Waals surface area contributed by atoms with E-state index in [0.717, 1.165) is 11.9 Å². The summed E-state index contributed by atoms with van der Waals surface area (Å²) in [7, 11) is 0. The molecule has 18 heavy (non-hydrogen) atoms. The van der Waals surface area contributed by atoms with Gasteiger partial charge in [0.2, 0.25) is 0 Å². The Bertz CT molecular complexity index is 535. The van der Waals surface area contributed by atoms with Gasteiger partial charge in [-0.3, -0.25) is 4.98 Å². The van der Waals surface area contributed by atoms with Crippen molar-refractivity contribution in [2.45, 2.75) is 44.1 Å². The Hall–Kier alpha value is -1.41. The van der Waals surface area contributed by atoms with Gasteiger partial charge in [-0.05, 0) is 42.9 Å². The molecule has 3 rings (SSSR count). The van der Waals surface area contributed by atoms with Gasteiger partial charge >= 0.3 is 0 Å². The van der Waals surface area contributed by atoms with Crippen molar-refractivity contribution < 1.29 is 0 Å². The molecule has 2 heteroatoms. The van der Waals surface area contributed by atoms with Crippen LogP contribution < -0.4 is 5.73 Å². The number of para-hydroxylation sites is 1. The van der Waals surface area contributed by atoms with Gasteiger partial charge < -0.3 is 5.73 Å². The maximum atomic E-state index is 6.15. The van der Waals surface area contributed by atoms with Crippen LogP contribution in [0, 0.1) is 0 Å². The summed E-state index contributed by atoms with van der Waals surface area (Å²) in [5.74, 6) is 0.597. The number of hydrogen-bond acceptors (Lipinski definition) is 2. The van der Waals surface area contributed by atoms with Crippen molar-refractivity contribution in [2.24, 2.45) is 5.73 Å². The van der Waals surface area contributed by atoms with Gasteiger partial charge in [-0.15, -0.1) is 0 Å². The molecule has 0 aliphatic heterocycles. The molecule has 2 nitrogen and oxygen atoms in total. The molecule has 1 aliphatic carbocycles. The number of nitrogens with zero attached hydrogens (tertiary/aromatic N) is 1. The van der Waals surface area contributed by atoms with Gasteiger partial charge in [0.15, 0.2) is 0 Å². The van der Waals surface area contributed by atoms with Crippen LogP contribution in [0.2, 0.25) is 0 Å². The van der Waals surface area contributed by atoms with Crippen LogP contribution in [-0.2, 0) is 0 Å². The van der Waals surface area contributed by atoms with Crippen molar-refractivity contribution in [2.75, 3.05) is 0 Å². The second-order valence-electron chi connectivity index (χ2n) is 5.44. The fourth-order valence-electron chi connectivity index (χ4n) is 3.01. The fraction of sp³-hybridized carbons (Fsp3) is 0.438. The molecule has 1 aromatic carbocycles. The van der Waals surface area contributed by atoms with E-state index in [4.69, 9.17) is 5.73 Å². The highest BCUT2D eigenvalue weighted by Crippen LogP contribution is 2.31. The number of benzene rings is 1. The highest BCUT2D eigenvalue weighted by atomic mass is 14.7. The zero-order chi connectivity index (χ0) is 12.4. The van der Waals surface area contributed by atoms with Gasteiger partial charge in [-0.25, -0.2) is 0 Å². The van der Waals surface area contributed by atoms with E-state index in [1.807, 2.05) is 12.3 Å². The van der Waals surface area contributed by atoms with Crippen LogP contribution in [-0.4, -0.2) is 11.0 Å². The minimum atomic E-state index is 0.365. The molecule has 1 saturated carbocycles. The lowest BCUT2D eigenvalue weighted by Crippen LogP contribution is -2.20. The van der Waals surface area contributed by atoms with Crippen LogP contribution >= 0.6 is 0 Å². The summed E-state index contributed by atoms with van der Waals surface area (Å²) in [6, 6.07) is 11.0. The van der Waals surface area contributed by atoms with E-state index in [-0.39, 0.29) is 0 Å². The minimum absolute atomic E-state index is 0.365. The normalized spacial score (nSPS) is 24.9. The average molecular weight is 240 g/mol. The van der Waals surface area contributed by atoms with E-state index >= 15 is 0 Å². The zero-order valence-corrected chi connectivity index (χ0v) is 10.7. The minimum Gasteiger partial charge on any atom is -0.328 e. The zero-order valence-electron chi connectivity index (χ0n) is 10.7. The van der Waals surface area contributed by atoms with Crippen molar-refractivity contribution in [3.05, 3.63) is 42.1 Å². The summed E-state index contributed by atoms with van der Waals surface area (Å²) in [5, 5.41) is 1.24. The number of rotatable bonds is 1. The van der Waals surface area contributed by atoms with Gasteiger partial charge in [0.25, 0.3) is 0 Å². The van der Waals surface area contributed by atoms with Crippen LogP contribution in [0.1, 0.15) is 43.6 Å². The summed E-state index contributed by atoms with van der Waals surface area (Å²) >= 11 is 0. The second kappa shape index (κ2) is 5.07. The quantitative estimate of drug-likeness (QED) is 0.773. The smallest absolute Gasteiger partial charge is 0.0702 e. The number of hydrogen-bond donors (Lipinski definition) is 1. The largest absolute Gasteiger partial charge is 0.328 e. The molecule has 2 atom stereocenters. The summed E-state index contributed by atoms with van der Waals surface area (Å²) in [4.78, 5) is 4.57. The molecule has 0 radical (unpaired) electrons. The Morgan fingerprint density at radius 1 is 1.11 bits per heavy atom. The standard InChI is InChI=1S/C16H20N2/c17-15-7-3-1-5-12(10-15)14-9-13-6-2-4-8-16(13)18-11-14/h2,4,6,8-9,11-12,15H,1,3,5,7,10,17H2. The number of pyridine rings is 1. The molecular formula is C16H20N2. The van der Waals surface area contributed by atoms with E-state index in [9.17, 15) is 0 Å². The maximum Gasteiger partial charge on any atom is 0.0702 e. The van der Waals surface area contributed by atoms with Crippen molar-refractivity contribution in [3.8, 4) is 0 Å². The van der Waals surface area contributed by atoms with Crippen molar-refractivity contribution in [1.82, 2.24) is 4.98 Å². The molecule has 0 spiro atoms. The van der Waals surface area contributed by atoms with Gasteiger partial charge in [-0.1, -0.05) is 31.0 Å². The lowest BCUT2D eigenvalue weighted by molar-refractivity contribution is 0.535. The monoisotopic (exact) mass is 240 g/mol. The molecule has 2 unspecified atom stereocenters. The Balaban J connectivity index is 1.92. The van der Waals surface area contributed by atoms with Crippen LogP contribution in [0.3, 0.4) is 0 Å². The van der Waals surface area contributed by atoms with E-state index < -0.39 is 0 Å². The molecular weight excluding hydrogens is 220 g/mol. The second-order valence-corrected chi connectivity index (χ2v) is 5.44. The molecule has 94 valence electrons. The van der Waals surface area contributed by atoms with E-state index in [1.54, 1.807) is 0 Å². The average Bonchev–Trinajstić information content (AvgIpc) is 2.63. The number of aromatic nitrogens is 1. The Morgan fingerprint density at radius 3 is 2.89 bits per heavy atom. The van der Waals surface area contributed by atoms with E-state index in [0.29, 0.717) is 12.0 Å². The Kier molecular flexibility index (Phi) is 3.28. The molecule has 2 aromatic rings. The maximum absolute atomic E-state index is 6.15. The third-order valence-electron chi connectivity index (χ3n) is 4.05. The third-order valence-corrected chi connectivity index (χ3v) is 4.05. The topological polar surface area (TPSA) is 38.9 Å². The van der Waals surface area contributed by atoms with Crippen LogP contribution in [0.25, 0.3) is 10.9 Å². The van der Waals surface area contributed by atoms with Crippen LogP contribution in [0.5, 0.6) is 0 Å². The SMILES string of the molecule is NC1CCCCC(c2cnc3ccccc3c2)C1. The van der Waals surface area contributed by atoms with Gasteiger partial charge in [0, 0.05) is 17.6 Å². The van der Waals surface area contributed by atoms with Gasteiger partial charge in [-0.2, -0.15) is 0 Å². The van der Waals surface area contributed by atoms with E-state index in [1.165, 1.54) is 36.6 Å². The summed E-state index contributed by atoms with van der Waals surface area (Å²) < 4.78 is 0. The molecule has 1 heterocycles. The first-order chi connectivity index (χ1) is 8.83. The Labute approximate surface area is 108 Å². The first kappa shape index (κ1) is 11.7. The predicted molar refractivity (Wildman–Crippen MR) is 75.5 cm³/mol. The molecule has 1 aromatic heterocycles.